The van der Waals surface area contributed by atoms with Crippen LogP contribution in [0.1, 0.15) is 27.7 Å². The Morgan fingerprint density at radius 2 is 1.40 bits per heavy atom. The summed E-state index contributed by atoms with van der Waals surface area (Å²) < 4.78 is 12.2. The van der Waals surface area contributed by atoms with Crippen LogP contribution in [0.5, 0.6) is 0 Å². The minimum Gasteiger partial charge on any atom is -0.399 e. The van der Waals surface area contributed by atoms with Crippen molar-refractivity contribution in [2.24, 2.45) is 0 Å². The minimum absolute atomic E-state index is 0.323. The lowest BCUT2D eigenvalue weighted by Crippen LogP contribution is -2.41. The molecule has 25 heavy (non-hydrogen) atoms. The van der Waals surface area contributed by atoms with Crippen molar-refractivity contribution in [3.8, 4) is 11.3 Å². The largest absolute Gasteiger partial charge is 0.494 e. The van der Waals surface area contributed by atoms with Crippen LogP contribution in [0.4, 0.5) is 0 Å². The number of benzene rings is 2. The molecule has 1 fully saturated rings. The van der Waals surface area contributed by atoms with Gasteiger partial charge in [-0.25, -0.2) is 4.98 Å². The molecule has 0 atom stereocenters. The molecule has 2 heterocycles. The van der Waals surface area contributed by atoms with Gasteiger partial charge in [0.25, 0.3) is 0 Å². The van der Waals surface area contributed by atoms with Crippen molar-refractivity contribution >= 4 is 23.5 Å². The number of para-hydroxylation sites is 1. The van der Waals surface area contributed by atoms with Crippen LogP contribution >= 0.6 is 0 Å². The van der Waals surface area contributed by atoms with Crippen LogP contribution < -0.4 is 5.46 Å². The normalized spacial score (nSPS) is 18.6. The SMILES string of the molecule is CC1(C)OB(c2ccc(-c3ccc4ccccc4n3)cc2)OC1(C)C. The third-order valence-corrected chi connectivity index (χ3v) is 5.33. The van der Waals surface area contributed by atoms with Crippen LogP contribution in [0.2, 0.25) is 0 Å². The lowest BCUT2D eigenvalue weighted by atomic mass is 9.79. The molecule has 1 aliphatic rings. The van der Waals surface area contributed by atoms with Gasteiger partial charge in [-0.05, 0) is 45.3 Å². The quantitative estimate of drug-likeness (QED) is 0.660. The summed E-state index contributed by atoms with van der Waals surface area (Å²) in [7, 11) is -0.330. The predicted octanol–water partition coefficient (Wildman–Crippen LogP) is 4.20. The van der Waals surface area contributed by atoms with E-state index in [0.29, 0.717) is 0 Å². The van der Waals surface area contributed by atoms with Gasteiger partial charge in [0.2, 0.25) is 0 Å². The molecular formula is C21H22BNO2. The Kier molecular flexibility index (Phi) is 3.71. The highest BCUT2D eigenvalue weighted by Gasteiger charge is 2.51. The van der Waals surface area contributed by atoms with Crippen molar-refractivity contribution in [2.45, 2.75) is 38.9 Å². The molecule has 0 aliphatic carbocycles. The molecule has 3 aromatic rings. The van der Waals surface area contributed by atoms with Crippen molar-refractivity contribution in [1.29, 1.82) is 0 Å². The zero-order chi connectivity index (χ0) is 17.7. The second-order valence-electron chi connectivity index (χ2n) is 7.60. The molecule has 0 spiro atoms. The van der Waals surface area contributed by atoms with Gasteiger partial charge in [0.1, 0.15) is 0 Å². The first-order chi connectivity index (χ1) is 11.9. The van der Waals surface area contributed by atoms with Gasteiger partial charge in [0, 0.05) is 10.9 Å². The van der Waals surface area contributed by atoms with E-state index < -0.39 is 0 Å². The van der Waals surface area contributed by atoms with Gasteiger partial charge >= 0.3 is 7.12 Å². The first-order valence-electron chi connectivity index (χ1n) is 8.67. The van der Waals surface area contributed by atoms with Crippen molar-refractivity contribution in [3.05, 3.63) is 60.7 Å². The molecule has 1 aliphatic heterocycles. The number of hydrogen-bond donors (Lipinski definition) is 0. The summed E-state index contributed by atoms with van der Waals surface area (Å²) in [5.41, 5.74) is 3.45. The molecule has 126 valence electrons. The van der Waals surface area contributed by atoms with Gasteiger partial charge in [0.15, 0.2) is 0 Å². The van der Waals surface area contributed by atoms with Crippen LogP contribution in [0.25, 0.3) is 22.2 Å². The molecule has 2 aromatic carbocycles. The lowest BCUT2D eigenvalue weighted by Gasteiger charge is -2.32. The predicted molar refractivity (Wildman–Crippen MR) is 103 cm³/mol. The Morgan fingerprint density at radius 1 is 0.760 bits per heavy atom. The maximum absolute atomic E-state index is 6.12. The number of hydrogen-bond acceptors (Lipinski definition) is 3. The van der Waals surface area contributed by atoms with Gasteiger partial charge in [-0.2, -0.15) is 0 Å². The zero-order valence-electron chi connectivity index (χ0n) is 15.1. The minimum atomic E-state index is -0.330. The maximum Gasteiger partial charge on any atom is 0.494 e. The molecule has 0 saturated carbocycles. The smallest absolute Gasteiger partial charge is 0.399 e. The van der Waals surface area contributed by atoms with Crippen molar-refractivity contribution in [3.63, 3.8) is 0 Å². The summed E-state index contributed by atoms with van der Waals surface area (Å²) in [4.78, 5) is 4.76. The highest BCUT2D eigenvalue weighted by atomic mass is 16.7. The molecule has 0 amide bonds. The third kappa shape index (κ3) is 2.86. The van der Waals surface area contributed by atoms with Gasteiger partial charge in [-0.1, -0.05) is 48.5 Å². The first kappa shape index (κ1) is 16.3. The Morgan fingerprint density at radius 3 is 2.08 bits per heavy atom. The molecule has 4 heteroatoms. The highest BCUT2D eigenvalue weighted by molar-refractivity contribution is 6.62. The number of nitrogens with zero attached hydrogens (tertiary/aromatic N) is 1. The number of fused-ring (bicyclic) bond motifs is 1. The molecular weight excluding hydrogens is 309 g/mol. The summed E-state index contributed by atoms with van der Waals surface area (Å²) in [5, 5.41) is 1.15. The van der Waals surface area contributed by atoms with E-state index in [1.54, 1.807) is 0 Å². The van der Waals surface area contributed by atoms with E-state index in [-0.39, 0.29) is 18.3 Å². The molecule has 1 saturated heterocycles. The average molecular weight is 331 g/mol. The van der Waals surface area contributed by atoms with Crippen LogP contribution in [0.3, 0.4) is 0 Å². The van der Waals surface area contributed by atoms with Crippen LogP contribution in [0.15, 0.2) is 60.7 Å². The Bertz CT molecular complexity index is 903. The Hall–Kier alpha value is -2.17. The summed E-state index contributed by atoms with van der Waals surface area (Å²) in [6.07, 6.45) is 0. The topological polar surface area (TPSA) is 31.4 Å². The van der Waals surface area contributed by atoms with E-state index in [2.05, 4.69) is 70.2 Å². The fourth-order valence-electron chi connectivity index (χ4n) is 3.02. The Labute approximate surface area is 149 Å². The van der Waals surface area contributed by atoms with Gasteiger partial charge < -0.3 is 9.31 Å². The van der Waals surface area contributed by atoms with E-state index in [0.717, 1.165) is 27.6 Å². The molecule has 4 rings (SSSR count). The second-order valence-corrected chi connectivity index (χ2v) is 7.60. The van der Waals surface area contributed by atoms with Crippen molar-refractivity contribution in [1.82, 2.24) is 4.98 Å². The van der Waals surface area contributed by atoms with Crippen molar-refractivity contribution in [2.75, 3.05) is 0 Å². The highest BCUT2D eigenvalue weighted by Crippen LogP contribution is 2.36. The van der Waals surface area contributed by atoms with Gasteiger partial charge in [0.05, 0.1) is 22.4 Å². The number of pyridine rings is 1. The fourth-order valence-corrected chi connectivity index (χ4v) is 3.02. The second kappa shape index (κ2) is 5.68. The standard InChI is InChI=1S/C21H22BNO2/c1-20(2)21(3,4)25-22(24-20)17-12-9-16(10-13-17)19-14-11-15-7-5-6-8-18(15)23-19/h5-14H,1-4H3. The van der Waals surface area contributed by atoms with Crippen LogP contribution in [-0.2, 0) is 9.31 Å². The third-order valence-electron chi connectivity index (χ3n) is 5.33. The molecule has 0 N–H and O–H groups in total. The summed E-state index contributed by atoms with van der Waals surface area (Å²) in [5.74, 6) is 0. The molecule has 0 radical (unpaired) electrons. The average Bonchev–Trinajstić information content (AvgIpc) is 2.82. The van der Waals surface area contributed by atoms with Crippen LogP contribution in [-0.4, -0.2) is 23.3 Å². The summed E-state index contributed by atoms with van der Waals surface area (Å²) in [6.45, 7) is 8.28. The van der Waals surface area contributed by atoms with E-state index in [1.807, 2.05) is 18.2 Å². The van der Waals surface area contributed by atoms with E-state index >= 15 is 0 Å². The van der Waals surface area contributed by atoms with Gasteiger partial charge in [-0.15, -0.1) is 0 Å². The molecule has 3 nitrogen and oxygen atoms in total. The Balaban J connectivity index is 1.62. The number of aromatic nitrogens is 1. The van der Waals surface area contributed by atoms with E-state index in [1.165, 1.54) is 0 Å². The molecule has 1 aromatic heterocycles. The van der Waals surface area contributed by atoms with Crippen LogP contribution in [0, 0.1) is 0 Å². The fraction of sp³-hybridized carbons (Fsp3) is 0.286. The van der Waals surface area contributed by atoms with E-state index in [9.17, 15) is 0 Å². The molecule has 0 bridgehead atoms. The van der Waals surface area contributed by atoms with Crippen molar-refractivity contribution < 1.29 is 9.31 Å². The molecule has 0 unspecified atom stereocenters. The monoisotopic (exact) mass is 331 g/mol. The number of rotatable bonds is 2. The maximum atomic E-state index is 6.12. The van der Waals surface area contributed by atoms with E-state index in [4.69, 9.17) is 14.3 Å². The summed E-state index contributed by atoms with van der Waals surface area (Å²) >= 11 is 0. The van der Waals surface area contributed by atoms with Gasteiger partial charge in [-0.3, -0.25) is 0 Å². The zero-order valence-corrected chi connectivity index (χ0v) is 15.1. The first-order valence-corrected chi connectivity index (χ1v) is 8.67. The summed E-state index contributed by atoms with van der Waals surface area (Å²) in [6, 6.07) is 20.6. The lowest BCUT2D eigenvalue weighted by molar-refractivity contribution is 0.00578.